The van der Waals surface area contributed by atoms with Crippen molar-refractivity contribution in [2.24, 2.45) is 5.92 Å². The fourth-order valence-corrected chi connectivity index (χ4v) is 1.41. The fourth-order valence-electron chi connectivity index (χ4n) is 1.41. The van der Waals surface area contributed by atoms with E-state index in [0.717, 1.165) is 6.07 Å². The van der Waals surface area contributed by atoms with Crippen LogP contribution in [-0.2, 0) is 6.18 Å². The van der Waals surface area contributed by atoms with Gasteiger partial charge in [0.2, 0.25) is 0 Å². The number of nitrogens with zero attached hydrogens (tertiary/aromatic N) is 1. The van der Waals surface area contributed by atoms with Crippen molar-refractivity contribution in [2.45, 2.75) is 19.5 Å². The number of nitriles is 1. The Kier molecular flexibility index (Phi) is 4.07. The molecule has 0 radical (unpaired) electrons. The molecule has 0 spiro atoms. The average Bonchev–Trinajstić information content (AvgIpc) is 2.27. The van der Waals surface area contributed by atoms with Gasteiger partial charge >= 0.3 is 6.18 Å². The largest absolute Gasteiger partial charge is 0.419 e. The summed E-state index contributed by atoms with van der Waals surface area (Å²) in [4.78, 5) is 11.7. The van der Waals surface area contributed by atoms with E-state index < -0.39 is 29.3 Å². The second-order valence-electron chi connectivity index (χ2n) is 3.82. The molecule has 96 valence electrons. The predicted octanol–water partition coefficient (Wildman–Crippen LogP) is 3.58. The summed E-state index contributed by atoms with van der Waals surface area (Å²) in [5.41, 5.74) is -1.72. The molecule has 1 rings (SSSR count). The second kappa shape index (κ2) is 5.17. The normalized spacial score (nSPS) is 12.9. The summed E-state index contributed by atoms with van der Waals surface area (Å²) in [7, 11) is 0. The van der Waals surface area contributed by atoms with Crippen LogP contribution in [0, 0.1) is 23.1 Å². The van der Waals surface area contributed by atoms with Crippen LogP contribution in [0.25, 0.3) is 0 Å². The molecule has 0 heterocycles. The molecule has 0 aliphatic carbocycles. The van der Waals surface area contributed by atoms with Gasteiger partial charge < -0.3 is 0 Å². The number of carbonyl (C=O) groups is 1. The molecule has 1 aromatic carbocycles. The molecule has 1 unspecified atom stereocenters. The third kappa shape index (κ3) is 3.06. The van der Waals surface area contributed by atoms with Gasteiger partial charge in [0, 0.05) is 17.9 Å². The number of ketones is 1. The Morgan fingerprint density at radius 1 is 1.44 bits per heavy atom. The smallest absolute Gasteiger partial charge is 0.294 e. The van der Waals surface area contributed by atoms with Crippen molar-refractivity contribution in [3.8, 4) is 6.07 Å². The van der Waals surface area contributed by atoms with Crippen LogP contribution in [0.4, 0.5) is 17.6 Å². The number of hydrogen-bond donors (Lipinski definition) is 0. The van der Waals surface area contributed by atoms with E-state index in [0.29, 0.717) is 12.1 Å². The third-order valence-electron chi connectivity index (χ3n) is 2.40. The first-order chi connectivity index (χ1) is 8.27. The van der Waals surface area contributed by atoms with Gasteiger partial charge in [-0.3, -0.25) is 4.79 Å². The summed E-state index contributed by atoms with van der Waals surface area (Å²) in [5, 5.41) is 8.42. The lowest BCUT2D eigenvalue weighted by molar-refractivity contribution is -0.140. The summed E-state index contributed by atoms with van der Waals surface area (Å²) in [6.45, 7) is 1.43. The molecule has 2 nitrogen and oxygen atoms in total. The van der Waals surface area contributed by atoms with Crippen LogP contribution < -0.4 is 0 Å². The van der Waals surface area contributed by atoms with E-state index in [2.05, 4.69) is 0 Å². The quantitative estimate of drug-likeness (QED) is 0.615. The minimum atomic E-state index is -4.85. The number of benzene rings is 1. The summed E-state index contributed by atoms with van der Waals surface area (Å²) < 4.78 is 50.3. The van der Waals surface area contributed by atoms with E-state index in [1.165, 1.54) is 6.92 Å². The van der Waals surface area contributed by atoms with E-state index in [1.807, 2.05) is 0 Å². The highest BCUT2D eigenvalue weighted by Crippen LogP contribution is 2.32. The molecule has 0 aliphatic heterocycles. The summed E-state index contributed by atoms with van der Waals surface area (Å²) >= 11 is 0. The molecule has 0 aliphatic rings. The van der Waals surface area contributed by atoms with Crippen LogP contribution in [0.5, 0.6) is 0 Å². The van der Waals surface area contributed by atoms with Crippen LogP contribution >= 0.6 is 0 Å². The highest BCUT2D eigenvalue weighted by atomic mass is 19.4. The van der Waals surface area contributed by atoms with E-state index in [4.69, 9.17) is 5.26 Å². The van der Waals surface area contributed by atoms with Gasteiger partial charge in [0.15, 0.2) is 5.78 Å². The Balaban J connectivity index is 3.14. The van der Waals surface area contributed by atoms with Crippen LogP contribution in [-0.4, -0.2) is 5.78 Å². The molecule has 1 atom stereocenters. The van der Waals surface area contributed by atoms with Gasteiger partial charge in [0.1, 0.15) is 5.82 Å². The number of alkyl halides is 3. The highest BCUT2D eigenvalue weighted by molar-refractivity contribution is 5.97. The van der Waals surface area contributed by atoms with Crippen molar-refractivity contribution >= 4 is 5.78 Å². The molecular formula is C12H9F4NO. The van der Waals surface area contributed by atoms with E-state index in [1.54, 1.807) is 6.07 Å². The van der Waals surface area contributed by atoms with Crippen LogP contribution in [0.15, 0.2) is 18.2 Å². The van der Waals surface area contributed by atoms with Crippen LogP contribution in [0.2, 0.25) is 0 Å². The topological polar surface area (TPSA) is 40.9 Å². The van der Waals surface area contributed by atoms with Crippen molar-refractivity contribution in [3.05, 3.63) is 35.1 Å². The maximum Gasteiger partial charge on any atom is 0.419 e. The molecule has 0 saturated heterocycles. The number of rotatable bonds is 3. The Labute approximate surface area is 101 Å². The molecule has 0 amide bonds. The van der Waals surface area contributed by atoms with E-state index in [9.17, 15) is 22.4 Å². The van der Waals surface area contributed by atoms with Crippen LogP contribution in [0.3, 0.4) is 0 Å². The number of carbonyl (C=O) groups excluding carboxylic acids is 1. The number of Topliss-reactive ketones (excluding diaryl/α,β-unsaturated/α-hetero) is 1. The monoisotopic (exact) mass is 259 g/mol. The molecule has 0 saturated carbocycles. The molecule has 18 heavy (non-hydrogen) atoms. The van der Waals surface area contributed by atoms with Crippen molar-refractivity contribution < 1.29 is 22.4 Å². The summed E-state index contributed by atoms with van der Waals surface area (Å²) in [6, 6.07) is 3.83. The standard InChI is InChI=1S/C12H9F4NO/c1-7(4-5-17)11(18)8-2-3-10(13)9(6-8)12(14,15)16/h2-3,6-7H,4H2,1H3. The first-order valence-corrected chi connectivity index (χ1v) is 5.05. The van der Waals surface area contributed by atoms with Crippen molar-refractivity contribution in [2.75, 3.05) is 0 Å². The summed E-state index contributed by atoms with van der Waals surface area (Å²) in [6.07, 6.45) is -4.95. The third-order valence-corrected chi connectivity index (χ3v) is 2.40. The number of halogens is 4. The van der Waals surface area contributed by atoms with Gasteiger partial charge in [-0.2, -0.15) is 18.4 Å². The Bertz CT molecular complexity index is 502. The zero-order valence-corrected chi connectivity index (χ0v) is 9.38. The van der Waals surface area contributed by atoms with E-state index >= 15 is 0 Å². The van der Waals surface area contributed by atoms with Gasteiger partial charge in [-0.25, -0.2) is 4.39 Å². The Morgan fingerprint density at radius 2 is 2.06 bits per heavy atom. The van der Waals surface area contributed by atoms with Crippen molar-refractivity contribution in [1.82, 2.24) is 0 Å². The van der Waals surface area contributed by atoms with Crippen molar-refractivity contribution in [1.29, 1.82) is 5.26 Å². The highest BCUT2D eigenvalue weighted by Gasteiger charge is 2.34. The van der Waals surface area contributed by atoms with E-state index in [-0.39, 0.29) is 12.0 Å². The lowest BCUT2D eigenvalue weighted by Gasteiger charge is -2.11. The maximum atomic E-state index is 13.0. The van der Waals surface area contributed by atoms with Gasteiger partial charge in [-0.15, -0.1) is 0 Å². The SMILES string of the molecule is CC(CC#N)C(=O)c1ccc(F)c(C(F)(F)F)c1. The lowest BCUT2D eigenvalue weighted by atomic mass is 9.95. The Hall–Kier alpha value is -1.90. The number of hydrogen-bond acceptors (Lipinski definition) is 2. The first kappa shape index (κ1) is 14.2. The van der Waals surface area contributed by atoms with Crippen LogP contribution in [0.1, 0.15) is 29.3 Å². The minimum Gasteiger partial charge on any atom is -0.294 e. The minimum absolute atomic E-state index is 0.0996. The lowest BCUT2D eigenvalue weighted by Crippen LogP contribution is -2.14. The summed E-state index contributed by atoms with van der Waals surface area (Å²) in [5.74, 6) is -2.75. The first-order valence-electron chi connectivity index (χ1n) is 5.05. The fraction of sp³-hybridized carbons (Fsp3) is 0.333. The van der Waals surface area contributed by atoms with Gasteiger partial charge in [-0.05, 0) is 18.2 Å². The molecule has 0 fully saturated rings. The molecule has 6 heteroatoms. The molecule has 1 aromatic rings. The van der Waals surface area contributed by atoms with Gasteiger partial charge in [-0.1, -0.05) is 6.92 Å². The molecular weight excluding hydrogens is 250 g/mol. The zero-order chi connectivity index (χ0) is 13.9. The van der Waals surface area contributed by atoms with Gasteiger partial charge in [0.25, 0.3) is 0 Å². The predicted molar refractivity (Wildman–Crippen MR) is 55.1 cm³/mol. The second-order valence-corrected chi connectivity index (χ2v) is 3.82. The Morgan fingerprint density at radius 3 is 2.56 bits per heavy atom. The molecule has 0 N–H and O–H groups in total. The molecule has 0 aromatic heterocycles. The zero-order valence-electron chi connectivity index (χ0n) is 9.38. The van der Waals surface area contributed by atoms with Gasteiger partial charge in [0.05, 0.1) is 11.6 Å². The average molecular weight is 259 g/mol. The van der Waals surface area contributed by atoms with Crippen molar-refractivity contribution in [3.63, 3.8) is 0 Å². The maximum absolute atomic E-state index is 13.0. The molecule has 0 bridgehead atoms.